The van der Waals surface area contributed by atoms with Gasteiger partial charge in [0.2, 0.25) is 0 Å². The third-order valence-electron chi connectivity index (χ3n) is 8.77. The molecule has 0 spiro atoms. The number of benzene rings is 1. The Hall–Kier alpha value is -2.35. The Balaban J connectivity index is 1.75. The molecule has 0 saturated heterocycles. The number of carbonyl (C=O) groups is 1. The first kappa shape index (κ1) is 31.2. The van der Waals surface area contributed by atoms with Crippen LogP contribution in [-0.4, -0.2) is 5.97 Å². The third kappa shape index (κ3) is 9.66. The molecule has 214 valence electrons. The fraction of sp³-hybridized carbons (Fsp3) is 0.595. The first-order valence-electron chi connectivity index (χ1n) is 16.1. The number of carbonyl (C=O) groups excluding carboxylic acids is 1. The number of ether oxygens (including phenoxy) is 1. The maximum Gasteiger partial charge on any atom is 0.338 e. The van der Waals surface area contributed by atoms with Crippen LogP contribution in [0.2, 0.25) is 0 Å². The van der Waals surface area contributed by atoms with Crippen molar-refractivity contribution in [2.24, 2.45) is 5.92 Å². The van der Waals surface area contributed by atoms with Gasteiger partial charge >= 0.3 is 5.97 Å². The lowest BCUT2D eigenvalue weighted by molar-refractivity contribution is -0.134. The van der Waals surface area contributed by atoms with E-state index >= 15 is 0 Å². The summed E-state index contributed by atoms with van der Waals surface area (Å²) in [6.07, 6.45) is 26.6. The number of aryl methyl sites for hydroxylation is 1. The molecule has 0 N–H and O–H groups in total. The van der Waals surface area contributed by atoms with E-state index in [2.05, 4.69) is 63.8 Å². The molecule has 1 aromatic rings. The molecule has 2 nitrogen and oxygen atoms in total. The maximum atomic E-state index is 12.5. The highest BCUT2D eigenvalue weighted by Gasteiger charge is 2.24. The topological polar surface area (TPSA) is 26.3 Å². The Bertz CT molecular complexity index is 1030. The van der Waals surface area contributed by atoms with Gasteiger partial charge in [-0.05, 0) is 104 Å². The molecule has 2 heteroatoms. The van der Waals surface area contributed by atoms with Crippen molar-refractivity contribution >= 4 is 11.5 Å². The summed E-state index contributed by atoms with van der Waals surface area (Å²) in [5.74, 6) is 2.00. The number of rotatable bonds is 15. The second-order valence-electron chi connectivity index (χ2n) is 11.9. The van der Waals surface area contributed by atoms with E-state index in [1.165, 1.54) is 88.2 Å². The molecule has 0 amide bonds. The molecule has 0 bridgehead atoms. The van der Waals surface area contributed by atoms with Crippen molar-refractivity contribution in [1.82, 2.24) is 0 Å². The highest BCUT2D eigenvalue weighted by atomic mass is 16.5. The van der Waals surface area contributed by atoms with Crippen LogP contribution in [0, 0.1) is 5.92 Å². The van der Waals surface area contributed by atoms with Gasteiger partial charge in [0, 0.05) is 5.57 Å². The Morgan fingerprint density at radius 2 is 1.64 bits per heavy atom. The molecular weight excluding hydrogens is 476 g/mol. The van der Waals surface area contributed by atoms with E-state index < -0.39 is 0 Å². The Morgan fingerprint density at radius 3 is 2.33 bits per heavy atom. The van der Waals surface area contributed by atoms with E-state index in [4.69, 9.17) is 4.74 Å². The molecule has 1 saturated carbocycles. The zero-order chi connectivity index (χ0) is 28.0. The van der Waals surface area contributed by atoms with Gasteiger partial charge in [-0.15, -0.1) is 0 Å². The molecule has 2 aliphatic carbocycles. The SMILES string of the molecule is C=C(C)C(=O)OC1=CC(c2ccc(C3CCC(CCCCC)CC3)c(CC)c2)=CCC=C1CCCCCCC. The quantitative estimate of drug-likeness (QED) is 0.128. The Labute approximate surface area is 239 Å². The molecule has 0 unspecified atom stereocenters. The number of unbranched alkanes of at least 4 members (excludes halogenated alkanes) is 6. The lowest BCUT2D eigenvalue weighted by atomic mass is 9.75. The summed E-state index contributed by atoms with van der Waals surface area (Å²) in [6.45, 7) is 12.4. The Kier molecular flexibility index (Phi) is 13.3. The molecule has 0 heterocycles. The fourth-order valence-electron chi connectivity index (χ4n) is 6.28. The van der Waals surface area contributed by atoms with Crippen molar-refractivity contribution in [1.29, 1.82) is 0 Å². The zero-order valence-electron chi connectivity index (χ0n) is 25.5. The standard InChI is InChI=1S/C37H54O2/c1-6-9-11-12-14-17-32-18-15-19-33(27-36(32)39-37(38)28(4)5)34-24-25-35(30(8-3)26-34)31-22-20-29(21-23-31)16-13-10-7-2/h18-19,24-27,29,31H,4,6-17,20-23H2,1-3,5H3. The molecule has 3 rings (SSSR count). The lowest BCUT2D eigenvalue weighted by Crippen LogP contribution is -2.14. The summed E-state index contributed by atoms with van der Waals surface area (Å²) in [7, 11) is 0. The van der Waals surface area contributed by atoms with Gasteiger partial charge in [0.1, 0.15) is 5.76 Å². The van der Waals surface area contributed by atoms with E-state index in [1.54, 1.807) is 12.5 Å². The smallest absolute Gasteiger partial charge is 0.338 e. The maximum absolute atomic E-state index is 12.5. The molecule has 39 heavy (non-hydrogen) atoms. The monoisotopic (exact) mass is 530 g/mol. The minimum absolute atomic E-state index is 0.339. The van der Waals surface area contributed by atoms with Crippen molar-refractivity contribution in [3.05, 3.63) is 76.6 Å². The summed E-state index contributed by atoms with van der Waals surface area (Å²) in [6, 6.07) is 7.11. The largest absolute Gasteiger partial charge is 0.423 e. The first-order valence-corrected chi connectivity index (χ1v) is 16.1. The van der Waals surface area contributed by atoms with Gasteiger partial charge in [-0.25, -0.2) is 4.79 Å². The van der Waals surface area contributed by atoms with Gasteiger partial charge in [0.15, 0.2) is 0 Å². The van der Waals surface area contributed by atoms with Gasteiger partial charge in [0.25, 0.3) is 0 Å². The predicted molar refractivity (Wildman–Crippen MR) is 168 cm³/mol. The summed E-state index contributed by atoms with van der Waals surface area (Å²) >= 11 is 0. The summed E-state index contributed by atoms with van der Waals surface area (Å²) in [5.41, 5.74) is 7.00. The lowest BCUT2D eigenvalue weighted by Gasteiger charge is -2.30. The van der Waals surface area contributed by atoms with Crippen LogP contribution in [0.5, 0.6) is 0 Å². The number of allylic oxidation sites excluding steroid dienone is 5. The zero-order valence-corrected chi connectivity index (χ0v) is 25.5. The molecule has 1 aromatic carbocycles. The molecule has 0 radical (unpaired) electrons. The second-order valence-corrected chi connectivity index (χ2v) is 11.9. The van der Waals surface area contributed by atoms with Gasteiger partial charge in [-0.2, -0.15) is 0 Å². The molecule has 0 aromatic heterocycles. The highest BCUT2D eigenvalue weighted by molar-refractivity contribution is 5.88. The van der Waals surface area contributed by atoms with E-state index in [0.717, 1.165) is 42.7 Å². The molecule has 2 aliphatic rings. The van der Waals surface area contributed by atoms with E-state index in [-0.39, 0.29) is 5.97 Å². The van der Waals surface area contributed by atoms with Crippen molar-refractivity contribution in [2.75, 3.05) is 0 Å². The van der Waals surface area contributed by atoms with Crippen LogP contribution in [0.15, 0.2) is 59.9 Å². The van der Waals surface area contributed by atoms with Crippen molar-refractivity contribution in [3.8, 4) is 0 Å². The molecule has 0 aliphatic heterocycles. The number of hydrogen-bond acceptors (Lipinski definition) is 2. The third-order valence-corrected chi connectivity index (χ3v) is 8.77. The van der Waals surface area contributed by atoms with E-state index in [0.29, 0.717) is 17.3 Å². The van der Waals surface area contributed by atoms with Gasteiger partial charge < -0.3 is 4.74 Å². The summed E-state index contributed by atoms with van der Waals surface area (Å²) in [5, 5.41) is 0. The van der Waals surface area contributed by atoms with Gasteiger partial charge in [-0.1, -0.05) is 109 Å². The predicted octanol–water partition coefficient (Wildman–Crippen LogP) is 11.2. The van der Waals surface area contributed by atoms with Crippen LogP contribution < -0.4 is 0 Å². The van der Waals surface area contributed by atoms with Crippen molar-refractivity contribution < 1.29 is 9.53 Å². The number of esters is 1. The minimum Gasteiger partial charge on any atom is -0.423 e. The van der Waals surface area contributed by atoms with E-state index in [9.17, 15) is 4.79 Å². The fourth-order valence-corrected chi connectivity index (χ4v) is 6.28. The minimum atomic E-state index is -0.339. The van der Waals surface area contributed by atoms with Crippen molar-refractivity contribution in [2.45, 2.75) is 136 Å². The Morgan fingerprint density at radius 1 is 0.923 bits per heavy atom. The summed E-state index contributed by atoms with van der Waals surface area (Å²) in [4.78, 5) is 12.5. The van der Waals surface area contributed by atoms with Crippen molar-refractivity contribution in [3.63, 3.8) is 0 Å². The van der Waals surface area contributed by atoms with Gasteiger partial charge in [-0.3, -0.25) is 0 Å². The number of hydrogen-bond donors (Lipinski definition) is 0. The van der Waals surface area contributed by atoms with Gasteiger partial charge in [0.05, 0.1) is 0 Å². The van der Waals surface area contributed by atoms with Crippen LogP contribution in [0.25, 0.3) is 5.57 Å². The molecular formula is C37H54O2. The first-order chi connectivity index (χ1) is 19.0. The molecule has 0 atom stereocenters. The van der Waals surface area contributed by atoms with E-state index in [1.807, 2.05) is 0 Å². The second kappa shape index (κ2) is 16.7. The van der Waals surface area contributed by atoms with Crippen LogP contribution in [0.4, 0.5) is 0 Å². The van der Waals surface area contributed by atoms with Crippen LogP contribution in [0.1, 0.15) is 147 Å². The normalized spacial score (nSPS) is 19.5. The molecule has 1 fully saturated rings. The van der Waals surface area contributed by atoms with Crippen LogP contribution in [-0.2, 0) is 16.0 Å². The van der Waals surface area contributed by atoms with Crippen LogP contribution in [0.3, 0.4) is 0 Å². The van der Waals surface area contributed by atoms with Crippen LogP contribution >= 0.6 is 0 Å². The average molecular weight is 531 g/mol. The highest BCUT2D eigenvalue weighted by Crippen LogP contribution is 2.40. The summed E-state index contributed by atoms with van der Waals surface area (Å²) < 4.78 is 5.91. The average Bonchev–Trinajstić information content (AvgIpc) is 3.15.